The average Bonchev–Trinajstić information content (AvgIpc) is 2.75. The fourth-order valence-corrected chi connectivity index (χ4v) is 1.50. The van der Waals surface area contributed by atoms with Crippen LogP contribution < -0.4 is 0 Å². The van der Waals surface area contributed by atoms with Crippen LogP contribution in [0.3, 0.4) is 0 Å². The minimum Gasteiger partial charge on any atom is -0.469 e. The van der Waals surface area contributed by atoms with Crippen molar-refractivity contribution in [1.29, 1.82) is 0 Å². The van der Waals surface area contributed by atoms with Crippen molar-refractivity contribution >= 4 is 5.91 Å². The molecule has 1 aromatic rings. The number of aryl methyl sites for hydroxylation is 1. The van der Waals surface area contributed by atoms with Gasteiger partial charge in [0.05, 0.1) is 25.0 Å². The number of nitrogens with zero attached hydrogens (tertiary/aromatic N) is 1. The Kier molecular flexibility index (Phi) is 5.72. The molecular formula is C12H19NO4. The number of hydrogen-bond acceptors (Lipinski definition) is 4. The first kappa shape index (κ1) is 13.7. The largest absolute Gasteiger partial charge is 0.469 e. The Balaban J connectivity index is 2.68. The molecular weight excluding hydrogens is 222 g/mol. The Labute approximate surface area is 101 Å². The zero-order valence-corrected chi connectivity index (χ0v) is 10.6. The summed E-state index contributed by atoms with van der Waals surface area (Å²) in [6, 6.07) is 1.68. The lowest BCUT2D eigenvalue weighted by Gasteiger charge is -2.21. The van der Waals surface area contributed by atoms with E-state index in [4.69, 9.17) is 13.9 Å². The van der Waals surface area contributed by atoms with Crippen LogP contribution in [0.4, 0.5) is 0 Å². The monoisotopic (exact) mass is 241 g/mol. The van der Waals surface area contributed by atoms with E-state index < -0.39 is 0 Å². The number of carbonyl (C=O) groups is 1. The fourth-order valence-electron chi connectivity index (χ4n) is 1.50. The Bertz CT molecular complexity index is 340. The van der Waals surface area contributed by atoms with Crippen molar-refractivity contribution in [1.82, 2.24) is 4.90 Å². The molecule has 0 aliphatic rings. The standard InChI is InChI=1S/C12H19NO4/c1-10-11(4-7-17-10)12(14)13(5-8-15-2)6-9-16-3/h4,7H,5-6,8-9H2,1-3H3. The number of methoxy groups -OCH3 is 2. The molecule has 0 spiro atoms. The van der Waals surface area contributed by atoms with Crippen molar-refractivity contribution in [2.75, 3.05) is 40.5 Å². The van der Waals surface area contributed by atoms with Gasteiger partial charge in [0, 0.05) is 27.3 Å². The molecule has 5 nitrogen and oxygen atoms in total. The maximum Gasteiger partial charge on any atom is 0.257 e. The molecule has 0 aliphatic heterocycles. The summed E-state index contributed by atoms with van der Waals surface area (Å²) in [5.74, 6) is 0.584. The van der Waals surface area contributed by atoms with Crippen molar-refractivity contribution in [3.05, 3.63) is 23.7 Å². The molecule has 0 radical (unpaired) electrons. The molecule has 5 heteroatoms. The zero-order chi connectivity index (χ0) is 12.7. The molecule has 0 aliphatic carbocycles. The van der Waals surface area contributed by atoms with Gasteiger partial charge in [-0.1, -0.05) is 0 Å². The van der Waals surface area contributed by atoms with E-state index in [0.29, 0.717) is 37.6 Å². The van der Waals surface area contributed by atoms with Crippen LogP contribution in [-0.4, -0.2) is 51.3 Å². The summed E-state index contributed by atoms with van der Waals surface area (Å²) in [7, 11) is 3.23. The van der Waals surface area contributed by atoms with Gasteiger partial charge in [-0.3, -0.25) is 4.79 Å². The minimum atomic E-state index is -0.0506. The number of carbonyl (C=O) groups excluding carboxylic acids is 1. The summed E-state index contributed by atoms with van der Waals surface area (Å²) >= 11 is 0. The van der Waals surface area contributed by atoms with Gasteiger partial charge in [0.1, 0.15) is 5.76 Å². The van der Waals surface area contributed by atoms with E-state index in [9.17, 15) is 4.79 Å². The first-order valence-electron chi connectivity index (χ1n) is 5.52. The van der Waals surface area contributed by atoms with Gasteiger partial charge in [0.15, 0.2) is 0 Å². The molecule has 0 saturated carbocycles. The number of rotatable bonds is 7. The Morgan fingerprint density at radius 3 is 2.29 bits per heavy atom. The fraction of sp³-hybridized carbons (Fsp3) is 0.583. The number of amides is 1. The van der Waals surface area contributed by atoms with Gasteiger partial charge >= 0.3 is 0 Å². The lowest BCUT2D eigenvalue weighted by molar-refractivity contribution is 0.0625. The summed E-state index contributed by atoms with van der Waals surface area (Å²) in [6.07, 6.45) is 1.52. The van der Waals surface area contributed by atoms with Crippen LogP contribution in [0, 0.1) is 6.92 Å². The highest BCUT2D eigenvalue weighted by Gasteiger charge is 2.18. The van der Waals surface area contributed by atoms with Gasteiger partial charge < -0.3 is 18.8 Å². The van der Waals surface area contributed by atoms with Crippen LogP contribution in [0.25, 0.3) is 0 Å². The average molecular weight is 241 g/mol. The lowest BCUT2D eigenvalue weighted by Crippen LogP contribution is -2.36. The van der Waals surface area contributed by atoms with E-state index in [-0.39, 0.29) is 5.91 Å². The van der Waals surface area contributed by atoms with Crippen molar-refractivity contribution in [2.45, 2.75) is 6.92 Å². The molecule has 0 fully saturated rings. The van der Waals surface area contributed by atoms with E-state index in [1.165, 1.54) is 6.26 Å². The van der Waals surface area contributed by atoms with Crippen LogP contribution >= 0.6 is 0 Å². The number of furan rings is 1. The van der Waals surface area contributed by atoms with Crippen LogP contribution in [-0.2, 0) is 9.47 Å². The third-order valence-corrected chi connectivity index (χ3v) is 2.51. The highest BCUT2D eigenvalue weighted by Crippen LogP contribution is 2.11. The predicted octanol–water partition coefficient (Wildman–Crippen LogP) is 1.32. The molecule has 0 bridgehead atoms. The van der Waals surface area contributed by atoms with Crippen LogP contribution in [0.15, 0.2) is 16.7 Å². The van der Waals surface area contributed by atoms with E-state index in [0.717, 1.165) is 0 Å². The summed E-state index contributed by atoms with van der Waals surface area (Å²) in [5.41, 5.74) is 0.595. The predicted molar refractivity (Wildman–Crippen MR) is 63.1 cm³/mol. The van der Waals surface area contributed by atoms with Crippen molar-refractivity contribution in [3.8, 4) is 0 Å². The van der Waals surface area contributed by atoms with E-state index >= 15 is 0 Å². The quantitative estimate of drug-likeness (QED) is 0.722. The van der Waals surface area contributed by atoms with Crippen molar-refractivity contribution in [2.24, 2.45) is 0 Å². The molecule has 1 rings (SSSR count). The molecule has 0 unspecified atom stereocenters. The van der Waals surface area contributed by atoms with Gasteiger partial charge in [0.2, 0.25) is 0 Å². The molecule has 0 N–H and O–H groups in total. The van der Waals surface area contributed by atoms with Gasteiger partial charge in [-0.25, -0.2) is 0 Å². The van der Waals surface area contributed by atoms with E-state index in [2.05, 4.69) is 0 Å². The molecule has 0 atom stereocenters. The minimum absolute atomic E-state index is 0.0506. The second-order valence-corrected chi connectivity index (χ2v) is 3.67. The van der Waals surface area contributed by atoms with Crippen LogP contribution in [0.5, 0.6) is 0 Å². The zero-order valence-electron chi connectivity index (χ0n) is 10.6. The normalized spacial score (nSPS) is 10.5. The second-order valence-electron chi connectivity index (χ2n) is 3.67. The van der Waals surface area contributed by atoms with Crippen LogP contribution in [0.2, 0.25) is 0 Å². The third kappa shape index (κ3) is 3.87. The molecule has 96 valence electrons. The second kappa shape index (κ2) is 7.09. The SMILES string of the molecule is COCCN(CCOC)C(=O)c1ccoc1C. The summed E-state index contributed by atoms with van der Waals surface area (Å²) < 4.78 is 15.1. The lowest BCUT2D eigenvalue weighted by atomic mass is 10.2. The molecule has 0 aromatic carbocycles. The smallest absolute Gasteiger partial charge is 0.257 e. The van der Waals surface area contributed by atoms with Crippen molar-refractivity contribution in [3.63, 3.8) is 0 Å². The molecule has 1 aromatic heterocycles. The topological polar surface area (TPSA) is 51.9 Å². The summed E-state index contributed by atoms with van der Waals surface area (Å²) in [6.45, 7) is 3.88. The number of hydrogen-bond donors (Lipinski definition) is 0. The third-order valence-electron chi connectivity index (χ3n) is 2.51. The first-order valence-corrected chi connectivity index (χ1v) is 5.52. The summed E-state index contributed by atoms with van der Waals surface area (Å²) in [5, 5.41) is 0. The maximum atomic E-state index is 12.2. The molecule has 17 heavy (non-hydrogen) atoms. The Morgan fingerprint density at radius 2 is 1.88 bits per heavy atom. The van der Waals surface area contributed by atoms with Gasteiger partial charge in [-0.2, -0.15) is 0 Å². The van der Waals surface area contributed by atoms with Gasteiger partial charge in [-0.05, 0) is 13.0 Å². The molecule has 1 amide bonds. The van der Waals surface area contributed by atoms with E-state index in [1.807, 2.05) is 0 Å². The summed E-state index contributed by atoms with van der Waals surface area (Å²) in [4.78, 5) is 13.9. The highest BCUT2D eigenvalue weighted by molar-refractivity contribution is 5.95. The first-order chi connectivity index (χ1) is 8.20. The van der Waals surface area contributed by atoms with Crippen LogP contribution in [0.1, 0.15) is 16.1 Å². The highest BCUT2D eigenvalue weighted by atomic mass is 16.5. The molecule has 1 heterocycles. The molecule has 0 saturated heterocycles. The Morgan fingerprint density at radius 1 is 1.29 bits per heavy atom. The van der Waals surface area contributed by atoms with Gasteiger partial charge in [-0.15, -0.1) is 0 Å². The maximum absolute atomic E-state index is 12.2. The van der Waals surface area contributed by atoms with E-state index in [1.54, 1.807) is 32.1 Å². The van der Waals surface area contributed by atoms with Gasteiger partial charge in [0.25, 0.3) is 5.91 Å². The Hall–Kier alpha value is -1.33. The van der Waals surface area contributed by atoms with Crippen molar-refractivity contribution < 1.29 is 18.7 Å². The number of ether oxygens (including phenoxy) is 2.